The number of halogens is 1. The molecule has 1 aliphatic carbocycles. The number of anilines is 1. The number of carboxylic acid groups (broad SMARTS) is 1. The fraction of sp³-hybridized carbons (Fsp3) is 0.267. The first-order valence-electron chi connectivity index (χ1n) is 6.78. The number of nitrogens with zero attached hydrogens (tertiary/aromatic N) is 1. The molecule has 0 radical (unpaired) electrons. The van der Waals surface area contributed by atoms with E-state index in [2.05, 4.69) is 10.3 Å². The van der Waals surface area contributed by atoms with Crippen molar-refractivity contribution in [2.75, 3.05) is 5.32 Å². The molecule has 0 aliphatic heterocycles. The number of hydrogen-bond donors (Lipinski definition) is 2. The second-order valence-corrected chi connectivity index (χ2v) is 6.48. The van der Waals surface area contributed by atoms with E-state index in [0.29, 0.717) is 28.7 Å². The van der Waals surface area contributed by atoms with Crippen LogP contribution in [-0.2, 0) is 9.59 Å². The summed E-state index contributed by atoms with van der Waals surface area (Å²) in [6.07, 6.45) is 0.786. The lowest BCUT2D eigenvalue weighted by Crippen LogP contribution is -2.38. The number of benzene rings is 1. The number of carbonyl (C=O) groups excluding carboxylic acids is 1. The normalized spacial score (nSPS) is 20.2. The van der Waals surface area contributed by atoms with Gasteiger partial charge in [-0.15, -0.1) is 11.3 Å². The molecule has 1 aromatic heterocycles. The van der Waals surface area contributed by atoms with E-state index < -0.39 is 11.9 Å². The molecule has 0 spiro atoms. The van der Waals surface area contributed by atoms with E-state index in [0.717, 1.165) is 5.56 Å². The summed E-state index contributed by atoms with van der Waals surface area (Å²) < 4.78 is 0. The Morgan fingerprint density at radius 3 is 2.68 bits per heavy atom. The number of nitrogens with one attached hydrogen (secondary N) is 1. The fourth-order valence-corrected chi connectivity index (χ4v) is 3.31. The van der Waals surface area contributed by atoms with Crippen LogP contribution in [0, 0.1) is 11.8 Å². The van der Waals surface area contributed by atoms with Gasteiger partial charge in [0.2, 0.25) is 5.91 Å². The van der Waals surface area contributed by atoms with Crippen molar-refractivity contribution in [3.8, 4) is 11.3 Å². The second kappa shape index (κ2) is 6.06. The fourth-order valence-electron chi connectivity index (χ4n) is 2.36. The highest BCUT2D eigenvalue weighted by atomic mass is 35.5. The van der Waals surface area contributed by atoms with Crippen molar-refractivity contribution in [2.24, 2.45) is 11.8 Å². The third kappa shape index (κ3) is 2.98. The summed E-state index contributed by atoms with van der Waals surface area (Å²) in [5.41, 5.74) is 1.53. The number of aromatic nitrogens is 1. The Labute approximate surface area is 136 Å². The molecule has 3 rings (SSSR count). The predicted molar refractivity (Wildman–Crippen MR) is 85.0 cm³/mol. The molecular weight excluding hydrogens is 324 g/mol. The van der Waals surface area contributed by atoms with E-state index in [9.17, 15) is 9.59 Å². The monoisotopic (exact) mass is 336 g/mol. The van der Waals surface area contributed by atoms with Gasteiger partial charge >= 0.3 is 5.97 Å². The van der Waals surface area contributed by atoms with E-state index in [4.69, 9.17) is 16.7 Å². The number of hydrogen-bond acceptors (Lipinski definition) is 4. The van der Waals surface area contributed by atoms with Crippen LogP contribution in [-0.4, -0.2) is 22.0 Å². The highest BCUT2D eigenvalue weighted by Gasteiger charge is 2.38. The minimum absolute atomic E-state index is 0.169. The standard InChI is InChI=1S/C15H13ClN2O3S/c16-11-4-2-1-3-10(11)12-7-22-15(17-12)18-13(19)8-5-9(6-8)14(20)21/h1-4,7-9H,5-6H2,(H,20,21)(H,17,18,19)/t8-,9+. The maximum Gasteiger partial charge on any atom is 0.306 e. The van der Waals surface area contributed by atoms with Crippen molar-refractivity contribution in [1.29, 1.82) is 0 Å². The molecule has 2 N–H and O–H groups in total. The van der Waals surface area contributed by atoms with Gasteiger partial charge in [0.05, 0.1) is 11.6 Å². The Kier molecular flexibility index (Phi) is 4.13. The molecule has 0 bridgehead atoms. The van der Waals surface area contributed by atoms with Crippen LogP contribution in [0.25, 0.3) is 11.3 Å². The van der Waals surface area contributed by atoms with Gasteiger partial charge in [-0.25, -0.2) is 4.98 Å². The Morgan fingerprint density at radius 1 is 1.27 bits per heavy atom. The molecule has 1 aliphatic rings. The zero-order chi connectivity index (χ0) is 15.7. The molecule has 1 amide bonds. The molecule has 0 atom stereocenters. The molecule has 7 heteroatoms. The Bertz CT molecular complexity index is 725. The lowest BCUT2D eigenvalue weighted by Gasteiger charge is -2.30. The Hall–Kier alpha value is -1.92. The first kappa shape index (κ1) is 15.0. The second-order valence-electron chi connectivity index (χ2n) is 5.21. The number of rotatable bonds is 4. The molecule has 22 heavy (non-hydrogen) atoms. The van der Waals surface area contributed by atoms with Gasteiger partial charge in [-0.1, -0.05) is 29.8 Å². The van der Waals surface area contributed by atoms with Crippen molar-refractivity contribution in [3.63, 3.8) is 0 Å². The lowest BCUT2D eigenvalue weighted by molar-refractivity contribution is -0.147. The third-order valence-electron chi connectivity index (χ3n) is 3.74. The summed E-state index contributed by atoms with van der Waals surface area (Å²) in [5, 5.41) is 14.5. The number of amides is 1. The summed E-state index contributed by atoms with van der Waals surface area (Å²) >= 11 is 7.45. The molecule has 0 unspecified atom stereocenters. The molecule has 114 valence electrons. The van der Waals surface area contributed by atoms with Crippen molar-refractivity contribution >= 4 is 39.9 Å². The lowest BCUT2D eigenvalue weighted by atomic mass is 9.74. The van der Waals surface area contributed by atoms with Gasteiger partial charge in [0, 0.05) is 21.9 Å². The predicted octanol–water partition coefficient (Wildman–Crippen LogP) is 3.51. The van der Waals surface area contributed by atoms with Gasteiger partial charge in [-0.05, 0) is 18.9 Å². The number of thiazole rings is 1. The smallest absolute Gasteiger partial charge is 0.306 e. The largest absolute Gasteiger partial charge is 0.481 e. The highest BCUT2D eigenvalue weighted by Crippen LogP contribution is 2.35. The van der Waals surface area contributed by atoms with Gasteiger partial charge in [0.25, 0.3) is 0 Å². The highest BCUT2D eigenvalue weighted by molar-refractivity contribution is 7.14. The maximum absolute atomic E-state index is 12.0. The number of carbonyl (C=O) groups is 2. The molecule has 1 heterocycles. The summed E-state index contributed by atoms with van der Waals surface area (Å²) in [4.78, 5) is 27.1. The summed E-state index contributed by atoms with van der Waals surface area (Å²) in [5.74, 6) is -1.64. The topological polar surface area (TPSA) is 79.3 Å². The summed E-state index contributed by atoms with van der Waals surface area (Å²) in [6, 6.07) is 7.37. The quantitative estimate of drug-likeness (QED) is 0.895. The average Bonchev–Trinajstić information content (AvgIpc) is 2.85. The van der Waals surface area contributed by atoms with Gasteiger partial charge in [-0.2, -0.15) is 0 Å². The Balaban J connectivity index is 1.64. The van der Waals surface area contributed by atoms with Crippen LogP contribution in [0.4, 0.5) is 5.13 Å². The molecular formula is C15H13ClN2O3S. The molecule has 2 aromatic rings. The first-order chi connectivity index (χ1) is 10.5. The van der Waals surface area contributed by atoms with Gasteiger partial charge in [0.1, 0.15) is 0 Å². The van der Waals surface area contributed by atoms with E-state index in [1.807, 2.05) is 23.6 Å². The molecule has 0 saturated heterocycles. The Morgan fingerprint density at radius 2 is 2.00 bits per heavy atom. The summed E-state index contributed by atoms with van der Waals surface area (Å²) in [7, 11) is 0. The van der Waals surface area contributed by atoms with Crippen LogP contribution in [0.3, 0.4) is 0 Å². The average molecular weight is 337 g/mol. The van der Waals surface area contributed by atoms with E-state index in [1.165, 1.54) is 11.3 Å². The maximum atomic E-state index is 12.0. The van der Waals surface area contributed by atoms with Crippen LogP contribution < -0.4 is 5.32 Å². The number of carboxylic acids is 1. The first-order valence-corrected chi connectivity index (χ1v) is 8.04. The van der Waals surface area contributed by atoms with Gasteiger partial charge in [-0.3, -0.25) is 9.59 Å². The zero-order valence-electron chi connectivity index (χ0n) is 11.5. The van der Waals surface area contributed by atoms with Crippen molar-refractivity contribution in [2.45, 2.75) is 12.8 Å². The SMILES string of the molecule is O=C(O)[C@H]1C[C@@H](C(=O)Nc2nc(-c3ccccc3Cl)cs2)C1. The van der Waals surface area contributed by atoms with Crippen molar-refractivity contribution in [3.05, 3.63) is 34.7 Å². The third-order valence-corrected chi connectivity index (χ3v) is 4.83. The molecule has 1 saturated carbocycles. The van der Waals surface area contributed by atoms with Gasteiger partial charge in [0.15, 0.2) is 5.13 Å². The van der Waals surface area contributed by atoms with E-state index in [1.54, 1.807) is 6.07 Å². The molecule has 1 fully saturated rings. The van der Waals surface area contributed by atoms with E-state index in [-0.39, 0.29) is 11.8 Å². The minimum atomic E-state index is -0.834. The minimum Gasteiger partial charge on any atom is -0.481 e. The molecule has 1 aromatic carbocycles. The van der Waals surface area contributed by atoms with E-state index >= 15 is 0 Å². The van der Waals surface area contributed by atoms with Crippen molar-refractivity contribution in [1.82, 2.24) is 4.98 Å². The van der Waals surface area contributed by atoms with Crippen LogP contribution in [0.2, 0.25) is 5.02 Å². The van der Waals surface area contributed by atoms with Crippen LogP contribution in [0.5, 0.6) is 0 Å². The van der Waals surface area contributed by atoms with Gasteiger partial charge < -0.3 is 10.4 Å². The van der Waals surface area contributed by atoms with Crippen LogP contribution in [0.1, 0.15) is 12.8 Å². The molecule has 5 nitrogen and oxygen atoms in total. The van der Waals surface area contributed by atoms with Crippen LogP contribution in [0.15, 0.2) is 29.6 Å². The zero-order valence-corrected chi connectivity index (χ0v) is 13.0. The van der Waals surface area contributed by atoms with Crippen LogP contribution >= 0.6 is 22.9 Å². The van der Waals surface area contributed by atoms with Crippen molar-refractivity contribution < 1.29 is 14.7 Å². The summed E-state index contributed by atoms with van der Waals surface area (Å²) in [6.45, 7) is 0. The number of aliphatic carboxylic acids is 1.